The van der Waals surface area contributed by atoms with Crippen LogP contribution in [0.5, 0.6) is 5.75 Å². The van der Waals surface area contributed by atoms with Crippen LogP contribution in [-0.2, 0) is 0 Å². The molecule has 0 aromatic heterocycles. The van der Waals surface area contributed by atoms with E-state index in [4.69, 9.17) is 16.7 Å². The van der Waals surface area contributed by atoms with Crippen LogP contribution in [0, 0.1) is 0 Å². The van der Waals surface area contributed by atoms with Gasteiger partial charge in [0.1, 0.15) is 5.75 Å². The zero-order valence-corrected chi connectivity index (χ0v) is 8.83. The SMILES string of the molecule is Oc1cccc(/C(Cl)=C\SC(F)(F)F)c1. The number of aromatic hydroxyl groups is 1. The summed E-state index contributed by atoms with van der Waals surface area (Å²) >= 11 is 5.28. The first-order valence-electron chi connectivity index (χ1n) is 3.78. The van der Waals surface area contributed by atoms with Crippen LogP contribution in [0.15, 0.2) is 29.7 Å². The van der Waals surface area contributed by atoms with Crippen molar-refractivity contribution in [1.29, 1.82) is 0 Å². The average molecular weight is 255 g/mol. The van der Waals surface area contributed by atoms with Crippen LogP contribution in [-0.4, -0.2) is 10.6 Å². The molecule has 6 heteroatoms. The van der Waals surface area contributed by atoms with Crippen LogP contribution in [0.3, 0.4) is 0 Å². The highest BCUT2D eigenvalue weighted by Gasteiger charge is 2.27. The number of hydrogen-bond acceptors (Lipinski definition) is 2. The van der Waals surface area contributed by atoms with Crippen LogP contribution in [0.25, 0.3) is 5.03 Å². The van der Waals surface area contributed by atoms with Crippen LogP contribution < -0.4 is 0 Å². The highest BCUT2D eigenvalue weighted by atomic mass is 35.5. The van der Waals surface area contributed by atoms with E-state index >= 15 is 0 Å². The second-order valence-corrected chi connectivity index (χ2v) is 3.92. The molecular formula is C9H6ClF3OS. The molecule has 0 radical (unpaired) electrons. The summed E-state index contributed by atoms with van der Waals surface area (Å²) in [4.78, 5) is 0. The first-order chi connectivity index (χ1) is 6.88. The molecule has 1 aromatic rings. The lowest BCUT2D eigenvalue weighted by Crippen LogP contribution is -1.96. The van der Waals surface area contributed by atoms with Gasteiger partial charge >= 0.3 is 5.51 Å². The molecule has 15 heavy (non-hydrogen) atoms. The van der Waals surface area contributed by atoms with Gasteiger partial charge in [-0.15, -0.1) is 0 Å². The molecule has 0 atom stereocenters. The molecule has 0 amide bonds. The minimum Gasteiger partial charge on any atom is -0.508 e. The van der Waals surface area contributed by atoms with Gasteiger partial charge in [-0.05, 0) is 34.9 Å². The van der Waals surface area contributed by atoms with Gasteiger partial charge in [0, 0.05) is 0 Å². The lowest BCUT2D eigenvalue weighted by Gasteiger charge is -2.02. The molecule has 0 fully saturated rings. The summed E-state index contributed by atoms with van der Waals surface area (Å²) in [7, 11) is 0. The number of phenolic OH excluding ortho intramolecular Hbond substituents is 1. The molecule has 0 saturated carbocycles. The van der Waals surface area contributed by atoms with Crippen molar-refractivity contribution < 1.29 is 18.3 Å². The van der Waals surface area contributed by atoms with Crippen molar-refractivity contribution >= 4 is 28.4 Å². The molecule has 0 heterocycles. The summed E-state index contributed by atoms with van der Waals surface area (Å²) in [6.07, 6.45) is 0. The zero-order valence-electron chi connectivity index (χ0n) is 7.25. The molecule has 82 valence electrons. The Morgan fingerprint density at radius 1 is 1.40 bits per heavy atom. The summed E-state index contributed by atoms with van der Waals surface area (Å²) < 4.78 is 35.5. The summed E-state index contributed by atoms with van der Waals surface area (Å²) in [5.74, 6) is -0.0453. The van der Waals surface area contributed by atoms with Crippen molar-refractivity contribution in [2.24, 2.45) is 0 Å². The Morgan fingerprint density at radius 2 is 2.07 bits per heavy atom. The van der Waals surface area contributed by atoms with Gasteiger partial charge in [-0.2, -0.15) is 13.2 Å². The van der Waals surface area contributed by atoms with Crippen molar-refractivity contribution in [2.45, 2.75) is 5.51 Å². The fourth-order valence-electron chi connectivity index (χ4n) is 0.841. The van der Waals surface area contributed by atoms with Gasteiger partial charge in [0.15, 0.2) is 0 Å². The van der Waals surface area contributed by atoms with E-state index in [0.29, 0.717) is 5.56 Å². The van der Waals surface area contributed by atoms with E-state index < -0.39 is 5.51 Å². The monoisotopic (exact) mass is 254 g/mol. The third-order valence-electron chi connectivity index (χ3n) is 1.42. The molecule has 0 aliphatic rings. The zero-order chi connectivity index (χ0) is 11.5. The number of phenols is 1. The van der Waals surface area contributed by atoms with Gasteiger partial charge in [0.25, 0.3) is 0 Å². The third-order valence-corrected chi connectivity index (χ3v) is 2.50. The number of benzene rings is 1. The predicted octanol–water partition coefficient (Wildman–Crippen LogP) is 4.18. The molecule has 0 unspecified atom stereocenters. The van der Waals surface area contributed by atoms with Crippen LogP contribution in [0.4, 0.5) is 13.2 Å². The van der Waals surface area contributed by atoms with E-state index in [1.807, 2.05) is 0 Å². The van der Waals surface area contributed by atoms with Crippen LogP contribution in [0.1, 0.15) is 5.56 Å². The lowest BCUT2D eigenvalue weighted by molar-refractivity contribution is -0.0319. The predicted molar refractivity (Wildman–Crippen MR) is 55.6 cm³/mol. The maximum Gasteiger partial charge on any atom is 0.445 e. The Balaban J connectivity index is 2.80. The Morgan fingerprint density at radius 3 is 2.60 bits per heavy atom. The summed E-state index contributed by atoms with van der Waals surface area (Å²) in [5, 5.41) is 9.80. The number of alkyl halides is 3. The second kappa shape index (κ2) is 4.81. The van der Waals surface area contributed by atoms with Gasteiger partial charge in [0.05, 0.1) is 5.03 Å². The molecule has 1 rings (SSSR count). The number of thioether (sulfide) groups is 1. The highest BCUT2D eigenvalue weighted by molar-refractivity contribution is 8.03. The Labute approximate surface area is 93.6 Å². The van der Waals surface area contributed by atoms with E-state index in [0.717, 1.165) is 5.41 Å². The topological polar surface area (TPSA) is 20.2 Å². The minimum absolute atomic E-state index is 0.0453. The molecule has 0 saturated heterocycles. The van der Waals surface area contributed by atoms with E-state index in [9.17, 15) is 13.2 Å². The number of rotatable bonds is 2. The molecule has 0 spiro atoms. The standard InChI is InChI=1S/C9H6ClF3OS/c10-8(5-15-9(11,12)13)6-2-1-3-7(14)4-6/h1-5,14H/b8-5+. The van der Waals surface area contributed by atoms with E-state index in [1.165, 1.54) is 24.3 Å². The smallest absolute Gasteiger partial charge is 0.445 e. The quantitative estimate of drug-likeness (QED) is 0.854. The van der Waals surface area contributed by atoms with Crippen molar-refractivity contribution in [2.75, 3.05) is 0 Å². The summed E-state index contributed by atoms with van der Waals surface area (Å²) in [5.41, 5.74) is -4.01. The van der Waals surface area contributed by atoms with Gasteiger partial charge in [0.2, 0.25) is 0 Å². The molecular weight excluding hydrogens is 249 g/mol. The molecule has 1 aromatic carbocycles. The summed E-state index contributed by atoms with van der Waals surface area (Å²) in [6.45, 7) is 0. The molecule has 0 bridgehead atoms. The van der Waals surface area contributed by atoms with Gasteiger partial charge in [-0.3, -0.25) is 0 Å². The summed E-state index contributed by atoms with van der Waals surface area (Å²) in [6, 6.07) is 5.70. The molecule has 1 nitrogen and oxygen atoms in total. The largest absolute Gasteiger partial charge is 0.508 e. The Hall–Kier alpha value is -0.810. The van der Waals surface area contributed by atoms with E-state index in [1.54, 1.807) is 0 Å². The van der Waals surface area contributed by atoms with Gasteiger partial charge < -0.3 is 5.11 Å². The van der Waals surface area contributed by atoms with E-state index in [-0.39, 0.29) is 22.5 Å². The molecule has 1 N–H and O–H groups in total. The van der Waals surface area contributed by atoms with Crippen molar-refractivity contribution in [3.05, 3.63) is 35.2 Å². The van der Waals surface area contributed by atoms with Gasteiger partial charge in [-0.25, -0.2) is 0 Å². The van der Waals surface area contributed by atoms with Crippen molar-refractivity contribution in [3.63, 3.8) is 0 Å². The maximum absolute atomic E-state index is 11.8. The fourth-order valence-corrected chi connectivity index (χ4v) is 1.47. The van der Waals surface area contributed by atoms with E-state index in [2.05, 4.69) is 0 Å². The van der Waals surface area contributed by atoms with Gasteiger partial charge in [-0.1, -0.05) is 23.7 Å². The minimum atomic E-state index is -4.35. The van der Waals surface area contributed by atoms with Crippen molar-refractivity contribution in [3.8, 4) is 5.75 Å². The fraction of sp³-hybridized carbons (Fsp3) is 0.111. The lowest BCUT2D eigenvalue weighted by atomic mass is 10.2. The first-order valence-corrected chi connectivity index (χ1v) is 5.04. The highest BCUT2D eigenvalue weighted by Crippen LogP contribution is 2.35. The number of halogens is 4. The number of hydrogen-bond donors (Lipinski definition) is 1. The molecule has 0 aliphatic carbocycles. The second-order valence-electron chi connectivity index (χ2n) is 2.58. The normalized spacial score (nSPS) is 12.9. The molecule has 0 aliphatic heterocycles. The van der Waals surface area contributed by atoms with Crippen LogP contribution >= 0.6 is 23.4 Å². The maximum atomic E-state index is 11.8. The Bertz CT molecular complexity index is 376. The van der Waals surface area contributed by atoms with Crippen LogP contribution in [0.2, 0.25) is 0 Å². The Kier molecular flexibility index (Phi) is 3.93. The average Bonchev–Trinajstić information content (AvgIpc) is 2.13. The third kappa shape index (κ3) is 4.48. The first kappa shape index (κ1) is 12.3. The van der Waals surface area contributed by atoms with Crippen molar-refractivity contribution in [1.82, 2.24) is 0 Å².